The maximum atomic E-state index is 12.6. The molecule has 1 aliphatic heterocycles. The van der Waals surface area contributed by atoms with Crippen LogP contribution in [0.15, 0.2) is 64.4 Å². The molecule has 2 amide bonds. The normalized spacial score (nSPS) is 12.7. The fourth-order valence-corrected chi connectivity index (χ4v) is 3.67. The molecule has 1 aromatic carbocycles. The fourth-order valence-electron chi connectivity index (χ4n) is 3.13. The van der Waals surface area contributed by atoms with E-state index in [1.54, 1.807) is 35.4 Å². The van der Waals surface area contributed by atoms with Gasteiger partial charge in [0.25, 0.3) is 11.8 Å². The summed E-state index contributed by atoms with van der Waals surface area (Å²) < 4.78 is 5.23. The number of rotatable bonds is 4. The van der Waals surface area contributed by atoms with Crippen LogP contribution >= 0.6 is 11.8 Å². The van der Waals surface area contributed by atoms with Gasteiger partial charge in [-0.2, -0.15) is 0 Å². The fraction of sp³-hybridized carbons (Fsp3) is 0.150. The number of aromatic nitrogens is 1. The van der Waals surface area contributed by atoms with Crippen molar-refractivity contribution in [1.82, 2.24) is 4.98 Å². The van der Waals surface area contributed by atoms with Gasteiger partial charge in [0, 0.05) is 24.1 Å². The third-order valence-corrected chi connectivity index (χ3v) is 5.14. The topological polar surface area (TPSA) is 75.4 Å². The highest BCUT2D eigenvalue weighted by Gasteiger charge is 2.27. The first kappa shape index (κ1) is 17.4. The van der Waals surface area contributed by atoms with Crippen LogP contribution in [0.4, 0.5) is 11.4 Å². The van der Waals surface area contributed by atoms with Crippen molar-refractivity contribution < 1.29 is 14.0 Å². The lowest BCUT2D eigenvalue weighted by Crippen LogP contribution is -2.28. The summed E-state index contributed by atoms with van der Waals surface area (Å²) in [5.41, 5.74) is 3.02. The Hall–Kier alpha value is -3.06. The zero-order valence-corrected chi connectivity index (χ0v) is 15.5. The number of hydrogen-bond acceptors (Lipinski definition) is 5. The van der Waals surface area contributed by atoms with Gasteiger partial charge in [0.15, 0.2) is 5.76 Å². The second-order valence-corrected chi connectivity index (χ2v) is 6.84. The van der Waals surface area contributed by atoms with Gasteiger partial charge in [-0.3, -0.25) is 9.59 Å². The number of thioether (sulfide) groups is 1. The van der Waals surface area contributed by atoms with Crippen LogP contribution < -0.4 is 10.2 Å². The molecule has 0 atom stereocenters. The standard InChI is InChI=1S/C20H17N3O3S/c1-27-19-15(4-2-9-21-19)18(24)22-14-7-6-13-8-10-23(16(13)12-14)20(25)17-5-3-11-26-17/h2-7,9,11-12H,8,10H2,1H3,(H,22,24). The van der Waals surface area contributed by atoms with Crippen molar-refractivity contribution >= 4 is 35.0 Å². The molecular weight excluding hydrogens is 362 g/mol. The summed E-state index contributed by atoms with van der Waals surface area (Å²) in [5, 5.41) is 3.58. The maximum Gasteiger partial charge on any atom is 0.293 e. The van der Waals surface area contributed by atoms with Crippen molar-refractivity contribution in [3.8, 4) is 0 Å². The number of benzene rings is 1. The van der Waals surface area contributed by atoms with Crippen LogP contribution in [-0.2, 0) is 6.42 Å². The minimum Gasteiger partial charge on any atom is -0.459 e. The van der Waals surface area contributed by atoms with Crippen LogP contribution in [0.3, 0.4) is 0 Å². The number of furan rings is 1. The predicted octanol–water partition coefficient (Wildman–Crippen LogP) is 3.85. The average Bonchev–Trinajstić information content (AvgIpc) is 3.37. The van der Waals surface area contributed by atoms with Gasteiger partial charge in [0.2, 0.25) is 0 Å². The Labute approximate surface area is 160 Å². The van der Waals surface area contributed by atoms with E-state index >= 15 is 0 Å². The van der Waals surface area contributed by atoms with E-state index in [-0.39, 0.29) is 11.8 Å². The summed E-state index contributed by atoms with van der Waals surface area (Å²) >= 11 is 1.42. The quantitative estimate of drug-likeness (QED) is 0.697. The molecule has 0 fully saturated rings. The van der Waals surface area contributed by atoms with Gasteiger partial charge in [-0.25, -0.2) is 4.98 Å². The molecule has 0 saturated carbocycles. The molecule has 6 nitrogen and oxygen atoms in total. The predicted molar refractivity (Wildman–Crippen MR) is 105 cm³/mol. The summed E-state index contributed by atoms with van der Waals surface area (Å²) in [6, 6.07) is 12.5. The van der Waals surface area contributed by atoms with Crippen LogP contribution in [-0.4, -0.2) is 29.6 Å². The van der Waals surface area contributed by atoms with E-state index in [0.29, 0.717) is 28.6 Å². The summed E-state index contributed by atoms with van der Waals surface area (Å²) in [4.78, 5) is 31.2. The zero-order valence-electron chi connectivity index (χ0n) is 14.6. The first-order valence-electron chi connectivity index (χ1n) is 8.46. The molecule has 0 aliphatic carbocycles. The third-order valence-electron chi connectivity index (χ3n) is 4.42. The Morgan fingerprint density at radius 1 is 1.22 bits per heavy atom. The van der Waals surface area contributed by atoms with Gasteiger partial charge in [-0.05, 0) is 54.6 Å². The highest BCUT2D eigenvalue weighted by Crippen LogP contribution is 2.32. The van der Waals surface area contributed by atoms with Crippen molar-refractivity contribution in [3.63, 3.8) is 0 Å². The Morgan fingerprint density at radius 2 is 2.11 bits per heavy atom. The van der Waals surface area contributed by atoms with Crippen LogP contribution in [0, 0.1) is 0 Å². The molecule has 4 rings (SSSR count). The monoisotopic (exact) mass is 379 g/mol. The molecule has 27 heavy (non-hydrogen) atoms. The summed E-state index contributed by atoms with van der Waals surface area (Å²) in [7, 11) is 0. The van der Waals surface area contributed by atoms with E-state index in [4.69, 9.17) is 4.42 Å². The van der Waals surface area contributed by atoms with Crippen LogP contribution in [0.2, 0.25) is 0 Å². The highest BCUT2D eigenvalue weighted by atomic mass is 32.2. The van der Waals surface area contributed by atoms with Crippen LogP contribution in [0.25, 0.3) is 0 Å². The molecule has 0 radical (unpaired) electrons. The number of carbonyl (C=O) groups is 2. The number of nitrogens with zero attached hydrogens (tertiary/aromatic N) is 2. The van der Waals surface area contributed by atoms with Crippen molar-refractivity contribution in [2.75, 3.05) is 23.0 Å². The van der Waals surface area contributed by atoms with E-state index in [1.807, 2.05) is 24.5 Å². The third kappa shape index (κ3) is 3.33. The molecule has 0 bridgehead atoms. The number of carbonyl (C=O) groups excluding carboxylic acids is 2. The Balaban J connectivity index is 1.59. The molecule has 0 unspecified atom stereocenters. The average molecular weight is 379 g/mol. The van der Waals surface area contributed by atoms with E-state index < -0.39 is 0 Å². The first-order chi connectivity index (χ1) is 13.2. The molecule has 1 N–H and O–H groups in total. The number of fused-ring (bicyclic) bond motifs is 1. The lowest BCUT2D eigenvalue weighted by Gasteiger charge is -2.17. The van der Waals surface area contributed by atoms with Crippen molar-refractivity contribution in [3.05, 3.63) is 71.8 Å². The molecule has 1 aliphatic rings. The summed E-state index contributed by atoms with van der Waals surface area (Å²) in [6.07, 6.45) is 5.80. The molecule has 3 heterocycles. The molecule has 0 spiro atoms. The van der Waals surface area contributed by atoms with Gasteiger partial charge in [-0.1, -0.05) is 6.07 Å². The van der Waals surface area contributed by atoms with Gasteiger partial charge in [-0.15, -0.1) is 11.8 Å². The second kappa shape index (κ2) is 7.28. The van der Waals surface area contributed by atoms with Gasteiger partial charge in [0.05, 0.1) is 11.8 Å². The van der Waals surface area contributed by atoms with Gasteiger partial charge < -0.3 is 14.6 Å². The molecule has 2 aromatic heterocycles. The van der Waals surface area contributed by atoms with Crippen molar-refractivity contribution in [2.45, 2.75) is 11.4 Å². The van der Waals surface area contributed by atoms with E-state index in [2.05, 4.69) is 10.3 Å². The van der Waals surface area contributed by atoms with E-state index in [1.165, 1.54) is 18.0 Å². The lowest BCUT2D eigenvalue weighted by atomic mass is 10.1. The molecule has 0 saturated heterocycles. The van der Waals surface area contributed by atoms with E-state index in [0.717, 1.165) is 17.7 Å². The number of hydrogen-bond donors (Lipinski definition) is 1. The number of amides is 2. The maximum absolute atomic E-state index is 12.6. The number of pyridine rings is 1. The highest BCUT2D eigenvalue weighted by molar-refractivity contribution is 7.98. The minimum atomic E-state index is -0.227. The second-order valence-electron chi connectivity index (χ2n) is 6.04. The number of anilines is 2. The van der Waals surface area contributed by atoms with Gasteiger partial charge in [0.1, 0.15) is 5.03 Å². The Kier molecular flexibility index (Phi) is 4.68. The van der Waals surface area contributed by atoms with Crippen LogP contribution in [0.5, 0.6) is 0 Å². The molecule has 3 aromatic rings. The Bertz CT molecular complexity index is 1000. The molecule has 7 heteroatoms. The van der Waals surface area contributed by atoms with Crippen LogP contribution in [0.1, 0.15) is 26.5 Å². The van der Waals surface area contributed by atoms with Gasteiger partial charge >= 0.3 is 0 Å². The number of nitrogens with one attached hydrogen (secondary N) is 1. The first-order valence-corrected chi connectivity index (χ1v) is 9.68. The lowest BCUT2D eigenvalue weighted by molar-refractivity contribution is 0.0962. The summed E-state index contributed by atoms with van der Waals surface area (Å²) in [6.45, 7) is 0.589. The Morgan fingerprint density at radius 3 is 2.89 bits per heavy atom. The van der Waals surface area contributed by atoms with E-state index in [9.17, 15) is 9.59 Å². The summed E-state index contributed by atoms with van der Waals surface area (Å²) in [5.74, 6) is -0.106. The SMILES string of the molecule is CSc1ncccc1C(=O)Nc1ccc2c(c1)N(C(=O)c1ccco1)CC2. The van der Waals surface area contributed by atoms with Crippen molar-refractivity contribution in [1.29, 1.82) is 0 Å². The largest absolute Gasteiger partial charge is 0.459 e. The minimum absolute atomic E-state index is 0.181. The zero-order chi connectivity index (χ0) is 18.8. The smallest absolute Gasteiger partial charge is 0.293 e. The molecule has 136 valence electrons. The van der Waals surface area contributed by atoms with Crippen molar-refractivity contribution in [2.24, 2.45) is 0 Å². The molecular formula is C20H17N3O3S.